The molecule has 0 atom stereocenters. The van der Waals surface area contributed by atoms with Gasteiger partial charge in [0, 0.05) is 43.7 Å². The Bertz CT molecular complexity index is 1110. The fraction of sp³-hybridized carbons (Fsp3) is 0.286. The van der Waals surface area contributed by atoms with E-state index < -0.39 is 0 Å². The number of fused-ring (bicyclic) bond motifs is 2. The second kappa shape index (κ2) is 7.52. The van der Waals surface area contributed by atoms with Gasteiger partial charge in [0.25, 0.3) is 11.5 Å². The maximum atomic E-state index is 13.7. The highest BCUT2D eigenvalue weighted by atomic mass is 19.1. The first-order valence-corrected chi connectivity index (χ1v) is 9.26. The average molecular weight is 380 g/mol. The standard InChI is InChI=1S/C21H21FN4O2/c1-25-9-8-19-24-18-12-14(6-7-16(18)21(28)26(19)11-10-25)20(27)23-13-15-4-2-3-5-17(15)22/h2-7,12H,8-11,13H2,1H3,(H,23,27). The highest BCUT2D eigenvalue weighted by Gasteiger charge is 2.17. The third kappa shape index (κ3) is 3.53. The number of likely N-dealkylation sites (N-methyl/N-ethyl adjacent to an activating group) is 1. The lowest BCUT2D eigenvalue weighted by atomic mass is 10.1. The van der Waals surface area contributed by atoms with E-state index in [1.54, 1.807) is 41.0 Å². The Morgan fingerprint density at radius 3 is 2.82 bits per heavy atom. The number of amides is 1. The van der Waals surface area contributed by atoms with Gasteiger partial charge >= 0.3 is 0 Å². The molecule has 0 saturated heterocycles. The Labute approximate surface area is 161 Å². The van der Waals surface area contributed by atoms with Crippen molar-refractivity contribution in [3.8, 4) is 0 Å². The Kier molecular flexibility index (Phi) is 4.92. The van der Waals surface area contributed by atoms with Crippen molar-refractivity contribution in [1.29, 1.82) is 0 Å². The lowest BCUT2D eigenvalue weighted by molar-refractivity contribution is 0.0950. The van der Waals surface area contributed by atoms with Crippen LogP contribution in [-0.4, -0.2) is 40.5 Å². The fourth-order valence-electron chi connectivity index (χ4n) is 3.42. The van der Waals surface area contributed by atoms with Crippen LogP contribution in [0.2, 0.25) is 0 Å². The fourth-order valence-corrected chi connectivity index (χ4v) is 3.42. The summed E-state index contributed by atoms with van der Waals surface area (Å²) in [4.78, 5) is 32.1. The Morgan fingerprint density at radius 2 is 2.00 bits per heavy atom. The van der Waals surface area contributed by atoms with Crippen molar-refractivity contribution in [1.82, 2.24) is 19.8 Å². The average Bonchev–Trinajstić information content (AvgIpc) is 2.89. The molecule has 6 nitrogen and oxygen atoms in total. The molecular weight excluding hydrogens is 359 g/mol. The molecule has 28 heavy (non-hydrogen) atoms. The summed E-state index contributed by atoms with van der Waals surface area (Å²) in [5, 5.41) is 3.22. The normalized spacial score (nSPS) is 14.5. The minimum atomic E-state index is -0.358. The number of hydrogen-bond acceptors (Lipinski definition) is 4. The topological polar surface area (TPSA) is 67.2 Å². The molecule has 3 aromatic rings. The van der Waals surface area contributed by atoms with Gasteiger partial charge in [-0.05, 0) is 31.3 Å². The van der Waals surface area contributed by atoms with Crippen LogP contribution in [-0.2, 0) is 19.5 Å². The van der Waals surface area contributed by atoms with Crippen molar-refractivity contribution in [2.24, 2.45) is 0 Å². The van der Waals surface area contributed by atoms with Gasteiger partial charge in [0.15, 0.2) is 0 Å². The van der Waals surface area contributed by atoms with Crippen molar-refractivity contribution >= 4 is 16.8 Å². The molecule has 2 heterocycles. The molecule has 0 radical (unpaired) electrons. The predicted molar refractivity (Wildman–Crippen MR) is 105 cm³/mol. The monoisotopic (exact) mass is 380 g/mol. The van der Waals surface area contributed by atoms with Gasteiger partial charge < -0.3 is 10.2 Å². The molecule has 4 rings (SSSR count). The summed E-state index contributed by atoms with van der Waals surface area (Å²) < 4.78 is 15.4. The molecule has 0 spiro atoms. The smallest absolute Gasteiger partial charge is 0.261 e. The highest BCUT2D eigenvalue weighted by molar-refractivity contribution is 5.97. The van der Waals surface area contributed by atoms with Crippen LogP contribution in [0.15, 0.2) is 47.3 Å². The van der Waals surface area contributed by atoms with Crippen LogP contribution in [0.3, 0.4) is 0 Å². The number of carbonyl (C=O) groups excluding carboxylic acids is 1. The zero-order valence-corrected chi connectivity index (χ0v) is 15.6. The minimum Gasteiger partial charge on any atom is -0.348 e. The Hall–Kier alpha value is -3.06. The van der Waals surface area contributed by atoms with Crippen LogP contribution >= 0.6 is 0 Å². The largest absolute Gasteiger partial charge is 0.348 e. The zero-order valence-electron chi connectivity index (χ0n) is 15.6. The maximum Gasteiger partial charge on any atom is 0.261 e. The summed E-state index contributed by atoms with van der Waals surface area (Å²) in [7, 11) is 2.02. The molecule has 1 N–H and O–H groups in total. The number of carbonyl (C=O) groups is 1. The predicted octanol–water partition coefficient (Wildman–Crippen LogP) is 1.95. The summed E-state index contributed by atoms with van der Waals surface area (Å²) in [6.45, 7) is 2.34. The van der Waals surface area contributed by atoms with Gasteiger partial charge in [0.1, 0.15) is 11.6 Å². The highest BCUT2D eigenvalue weighted by Crippen LogP contribution is 2.14. The zero-order chi connectivity index (χ0) is 19.7. The summed E-state index contributed by atoms with van der Waals surface area (Å²) in [6, 6.07) is 11.2. The van der Waals surface area contributed by atoms with Crippen molar-refractivity contribution < 1.29 is 9.18 Å². The third-order valence-electron chi connectivity index (χ3n) is 5.12. The SMILES string of the molecule is CN1CCc2nc3cc(C(=O)NCc4ccccc4F)ccc3c(=O)n2CC1. The van der Waals surface area contributed by atoms with Gasteiger partial charge in [-0.1, -0.05) is 18.2 Å². The number of halogens is 1. The van der Waals surface area contributed by atoms with Crippen molar-refractivity contribution in [3.63, 3.8) is 0 Å². The number of rotatable bonds is 3. The number of nitrogens with one attached hydrogen (secondary N) is 1. The summed E-state index contributed by atoms with van der Waals surface area (Å²) in [6.07, 6.45) is 0.686. The van der Waals surface area contributed by atoms with E-state index in [0.717, 1.165) is 18.9 Å². The van der Waals surface area contributed by atoms with E-state index in [4.69, 9.17) is 0 Å². The van der Waals surface area contributed by atoms with Gasteiger partial charge in [-0.25, -0.2) is 9.37 Å². The first kappa shape index (κ1) is 18.3. The number of benzene rings is 2. The number of aromatic nitrogens is 2. The Balaban J connectivity index is 1.61. The lowest BCUT2D eigenvalue weighted by Crippen LogP contribution is -2.27. The van der Waals surface area contributed by atoms with E-state index in [9.17, 15) is 14.0 Å². The molecule has 1 aliphatic heterocycles. The quantitative estimate of drug-likeness (QED) is 0.754. The van der Waals surface area contributed by atoms with Gasteiger partial charge in [-0.2, -0.15) is 0 Å². The molecular formula is C21H21FN4O2. The van der Waals surface area contributed by atoms with Gasteiger partial charge in [-0.3, -0.25) is 14.2 Å². The van der Waals surface area contributed by atoms with Crippen LogP contribution in [0.4, 0.5) is 4.39 Å². The van der Waals surface area contributed by atoms with Crippen LogP contribution in [0.5, 0.6) is 0 Å². The molecule has 7 heteroatoms. The van der Waals surface area contributed by atoms with Gasteiger partial charge in [-0.15, -0.1) is 0 Å². The molecule has 0 bridgehead atoms. The van der Waals surface area contributed by atoms with E-state index >= 15 is 0 Å². The van der Waals surface area contributed by atoms with E-state index in [2.05, 4.69) is 15.2 Å². The van der Waals surface area contributed by atoms with Crippen LogP contribution in [0.25, 0.3) is 10.9 Å². The molecule has 2 aromatic carbocycles. The molecule has 0 unspecified atom stereocenters. The van der Waals surface area contributed by atoms with E-state index in [1.807, 2.05) is 7.05 Å². The maximum absolute atomic E-state index is 13.7. The molecule has 0 fully saturated rings. The van der Waals surface area contributed by atoms with Crippen molar-refractivity contribution in [2.75, 3.05) is 20.1 Å². The first-order chi connectivity index (χ1) is 13.5. The molecule has 1 aliphatic rings. The van der Waals surface area contributed by atoms with Gasteiger partial charge in [0.2, 0.25) is 0 Å². The first-order valence-electron chi connectivity index (χ1n) is 9.26. The van der Waals surface area contributed by atoms with Crippen LogP contribution in [0, 0.1) is 5.82 Å². The summed E-state index contributed by atoms with van der Waals surface area (Å²) >= 11 is 0. The molecule has 0 saturated carbocycles. The summed E-state index contributed by atoms with van der Waals surface area (Å²) in [5.74, 6) is 0.0520. The number of nitrogens with zero attached hydrogens (tertiary/aromatic N) is 3. The third-order valence-corrected chi connectivity index (χ3v) is 5.12. The number of hydrogen-bond donors (Lipinski definition) is 1. The molecule has 1 amide bonds. The van der Waals surface area contributed by atoms with Gasteiger partial charge in [0.05, 0.1) is 10.9 Å². The van der Waals surface area contributed by atoms with E-state index in [-0.39, 0.29) is 23.8 Å². The van der Waals surface area contributed by atoms with Crippen LogP contribution < -0.4 is 10.9 Å². The second-order valence-corrected chi connectivity index (χ2v) is 7.04. The minimum absolute atomic E-state index is 0.0754. The lowest BCUT2D eigenvalue weighted by Gasteiger charge is -2.11. The van der Waals surface area contributed by atoms with Crippen LogP contribution in [0.1, 0.15) is 21.7 Å². The van der Waals surface area contributed by atoms with E-state index in [1.165, 1.54) is 6.07 Å². The van der Waals surface area contributed by atoms with E-state index in [0.29, 0.717) is 35.0 Å². The van der Waals surface area contributed by atoms with Crippen molar-refractivity contribution in [2.45, 2.75) is 19.5 Å². The Morgan fingerprint density at radius 1 is 1.18 bits per heavy atom. The summed E-state index contributed by atoms with van der Waals surface area (Å²) in [5.41, 5.74) is 1.25. The molecule has 1 aromatic heterocycles. The molecule has 0 aliphatic carbocycles. The second-order valence-electron chi connectivity index (χ2n) is 7.04. The van der Waals surface area contributed by atoms with Crippen molar-refractivity contribution in [3.05, 3.63) is 75.6 Å². The molecule has 144 valence electrons.